The summed E-state index contributed by atoms with van der Waals surface area (Å²) in [5.74, 6) is 0.349. The Labute approximate surface area is 118 Å². The van der Waals surface area contributed by atoms with E-state index in [1.165, 1.54) is 0 Å². The van der Waals surface area contributed by atoms with Crippen molar-refractivity contribution in [1.29, 1.82) is 0 Å². The van der Waals surface area contributed by atoms with E-state index in [1.807, 2.05) is 6.92 Å². The number of oxime groups is 1. The third kappa shape index (κ3) is 2.86. The minimum Gasteiger partial charge on any atom is -0.409 e. The normalized spacial score (nSPS) is 29.4. The molecule has 2 saturated carbocycles. The summed E-state index contributed by atoms with van der Waals surface area (Å²) in [4.78, 5) is 23.6. The van der Waals surface area contributed by atoms with Gasteiger partial charge in [-0.25, -0.2) is 0 Å². The van der Waals surface area contributed by atoms with E-state index >= 15 is 0 Å². The molecule has 0 aromatic rings. The van der Waals surface area contributed by atoms with Gasteiger partial charge >= 0.3 is 0 Å². The van der Waals surface area contributed by atoms with Gasteiger partial charge in [-0.05, 0) is 31.6 Å². The Morgan fingerprint density at radius 3 is 2.40 bits per heavy atom. The van der Waals surface area contributed by atoms with E-state index in [0.29, 0.717) is 31.8 Å². The molecule has 0 aromatic carbocycles. The maximum atomic E-state index is 12.2. The van der Waals surface area contributed by atoms with Crippen molar-refractivity contribution >= 4 is 17.6 Å². The molecule has 2 fully saturated rings. The lowest BCUT2D eigenvalue weighted by Crippen LogP contribution is -2.57. The van der Waals surface area contributed by atoms with Gasteiger partial charge in [-0.2, -0.15) is 0 Å². The van der Waals surface area contributed by atoms with E-state index in [2.05, 4.69) is 15.8 Å². The maximum Gasteiger partial charge on any atom is 0.234 e. The van der Waals surface area contributed by atoms with Crippen LogP contribution in [0, 0.1) is 17.3 Å². The zero-order valence-electron chi connectivity index (χ0n) is 11.7. The maximum absolute atomic E-state index is 12.2. The molecule has 7 heteroatoms. The molecule has 112 valence electrons. The first kappa shape index (κ1) is 14.6. The van der Waals surface area contributed by atoms with Crippen molar-refractivity contribution in [3.8, 4) is 0 Å². The molecule has 0 bridgehead atoms. The highest BCUT2D eigenvalue weighted by atomic mass is 16.4. The molecule has 7 nitrogen and oxygen atoms in total. The van der Waals surface area contributed by atoms with Crippen molar-refractivity contribution in [2.75, 3.05) is 13.1 Å². The van der Waals surface area contributed by atoms with Crippen molar-refractivity contribution in [3.63, 3.8) is 0 Å². The second-order valence-electron chi connectivity index (χ2n) is 5.90. The summed E-state index contributed by atoms with van der Waals surface area (Å²) >= 11 is 0. The third-order valence-electron chi connectivity index (χ3n) is 4.08. The summed E-state index contributed by atoms with van der Waals surface area (Å²) in [7, 11) is 0. The van der Waals surface area contributed by atoms with Crippen LogP contribution in [-0.4, -0.2) is 35.9 Å². The Morgan fingerprint density at radius 1 is 1.30 bits per heavy atom. The van der Waals surface area contributed by atoms with Gasteiger partial charge in [0.2, 0.25) is 11.8 Å². The molecule has 0 aromatic heterocycles. The van der Waals surface area contributed by atoms with Gasteiger partial charge in [-0.15, -0.1) is 0 Å². The standard InChI is InChI=1S/C13H22N4O3/c1-8-6-13(7-8,11(14)17-20)12(19)16-5-4-15-10(18)9-2-3-9/h8-9,20H,2-7H2,1H3,(H2,14,17)(H,15,18)(H,16,19). The molecule has 0 radical (unpaired) electrons. The number of nitrogens with two attached hydrogens (primary N) is 1. The van der Waals surface area contributed by atoms with Gasteiger partial charge < -0.3 is 21.6 Å². The zero-order valence-corrected chi connectivity index (χ0v) is 11.7. The molecule has 0 unspecified atom stereocenters. The first-order chi connectivity index (χ1) is 9.49. The van der Waals surface area contributed by atoms with Crippen LogP contribution in [0.5, 0.6) is 0 Å². The molecule has 2 rings (SSSR count). The molecule has 0 saturated heterocycles. The monoisotopic (exact) mass is 282 g/mol. The summed E-state index contributed by atoms with van der Waals surface area (Å²) in [5, 5.41) is 17.3. The summed E-state index contributed by atoms with van der Waals surface area (Å²) in [6, 6.07) is 0. The number of nitrogens with zero attached hydrogens (tertiary/aromatic N) is 1. The van der Waals surface area contributed by atoms with E-state index in [-0.39, 0.29) is 23.6 Å². The molecule has 0 spiro atoms. The van der Waals surface area contributed by atoms with E-state index in [4.69, 9.17) is 10.9 Å². The molecule has 0 atom stereocenters. The lowest BCUT2D eigenvalue weighted by atomic mass is 9.61. The van der Waals surface area contributed by atoms with Gasteiger partial charge in [0.05, 0.1) is 0 Å². The predicted octanol–water partition coefficient (Wildman–Crippen LogP) is -0.208. The fourth-order valence-electron chi connectivity index (χ4n) is 2.76. The van der Waals surface area contributed by atoms with Crippen molar-refractivity contribution in [2.45, 2.75) is 32.6 Å². The van der Waals surface area contributed by atoms with Crippen LogP contribution in [0.2, 0.25) is 0 Å². The lowest BCUT2D eigenvalue weighted by Gasteiger charge is -2.43. The number of nitrogens with one attached hydrogen (secondary N) is 2. The molecular weight excluding hydrogens is 260 g/mol. The Bertz CT molecular complexity index is 425. The van der Waals surface area contributed by atoms with Crippen LogP contribution in [0.4, 0.5) is 0 Å². The molecule has 2 aliphatic carbocycles. The average molecular weight is 282 g/mol. The van der Waals surface area contributed by atoms with Gasteiger partial charge in [0.15, 0.2) is 5.84 Å². The van der Waals surface area contributed by atoms with Crippen LogP contribution in [0.25, 0.3) is 0 Å². The third-order valence-corrected chi connectivity index (χ3v) is 4.08. The van der Waals surface area contributed by atoms with E-state index in [0.717, 1.165) is 12.8 Å². The SMILES string of the molecule is CC1CC(C(=O)NCCNC(=O)C2CC2)(C(N)=NO)C1. The second kappa shape index (κ2) is 5.68. The first-order valence-electron chi connectivity index (χ1n) is 7.03. The van der Waals surface area contributed by atoms with Crippen LogP contribution < -0.4 is 16.4 Å². The van der Waals surface area contributed by atoms with Crippen molar-refractivity contribution in [1.82, 2.24) is 10.6 Å². The Balaban J connectivity index is 1.76. The fraction of sp³-hybridized carbons (Fsp3) is 0.769. The minimum atomic E-state index is -0.880. The molecule has 2 aliphatic rings. The van der Waals surface area contributed by atoms with E-state index < -0.39 is 5.41 Å². The molecule has 5 N–H and O–H groups in total. The number of carbonyl (C=O) groups is 2. The van der Waals surface area contributed by atoms with Gasteiger partial charge in [0.25, 0.3) is 0 Å². The first-order valence-corrected chi connectivity index (χ1v) is 7.03. The van der Waals surface area contributed by atoms with Crippen LogP contribution >= 0.6 is 0 Å². The largest absolute Gasteiger partial charge is 0.409 e. The van der Waals surface area contributed by atoms with Crippen LogP contribution in [0.15, 0.2) is 5.16 Å². The van der Waals surface area contributed by atoms with Crippen molar-refractivity contribution < 1.29 is 14.8 Å². The predicted molar refractivity (Wildman–Crippen MR) is 73.0 cm³/mol. The number of hydrogen-bond acceptors (Lipinski definition) is 4. The zero-order chi connectivity index (χ0) is 14.8. The summed E-state index contributed by atoms with van der Waals surface area (Å²) in [6.45, 7) is 2.78. The van der Waals surface area contributed by atoms with E-state index in [9.17, 15) is 9.59 Å². The molecule has 2 amide bonds. The molecule has 0 heterocycles. The minimum absolute atomic E-state index is 0.0323. The molecular formula is C13H22N4O3. The quantitative estimate of drug-likeness (QED) is 0.177. The smallest absolute Gasteiger partial charge is 0.234 e. The highest BCUT2D eigenvalue weighted by Crippen LogP contribution is 2.45. The number of hydrogen-bond donors (Lipinski definition) is 4. The average Bonchev–Trinajstić information content (AvgIpc) is 3.22. The summed E-state index contributed by atoms with van der Waals surface area (Å²) in [6.07, 6.45) is 3.09. The van der Waals surface area contributed by atoms with E-state index in [1.54, 1.807) is 0 Å². The molecule has 0 aliphatic heterocycles. The molecule has 20 heavy (non-hydrogen) atoms. The topological polar surface area (TPSA) is 117 Å². The summed E-state index contributed by atoms with van der Waals surface area (Å²) in [5.41, 5.74) is 4.77. The van der Waals surface area contributed by atoms with Gasteiger partial charge in [0.1, 0.15) is 5.41 Å². The number of amidine groups is 1. The Hall–Kier alpha value is -1.79. The van der Waals surface area contributed by atoms with Crippen LogP contribution in [0.1, 0.15) is 32.6 Å². The van der Waals surface area contributed by atoms with Crippen molar-refractivity contribution in [2.24, 2.45) is 28.1 Å². The number of rotatable bonds is 6. The van der Waals surface area contributed by atoms with Crippen molar-refractivity contribution in [3.05, 3.63) is 0 Å². The Morgan fingerprint density at radius 2 is 1.90 bits per heavy atom. The van der Waals surface area contributed by atoms with Gasteiger partial charge in [-0.3, -0.25) is 9.59 Å². The Kier molecular flexibility index (Phi) is 4.15. The second-order valence-corrected chi connectivity index (χ2v) is 5.90. The van der Waals surface area contributed by atoms with Crippen LogP contribution in [-0.2, 0) is 9.59 Å². The lowest BCUT2D eigenvalue weighted by molar-refractivity contribution is -0.133. The highest BCUT2D eigenvalue weighted by Gasteiger charge is 2.52. The number of carbonyl (C=O) groups excluding carboxylic acids is 2. The van der Waals surface area contributed by atoms with Gasteiger partial charge in [0, 0.05) is 19.0 Å². The number of amides is 2. The highest BCUT2D eigenvalue weighted by molar-refractivity contribution is 6.07. The summed E-state index contributed by atoms with van der Waals surface area (Å²) < 4.78 is 0. The fourth-order valence-corrected chi connectivity index (χ4v) is 2.76. The van der Waals surface area contributed by atoms with Crippen LogP contribution in [0.3, 0.4) is 0 Å². The van der Waals surface area contributed by atoms with Gasteiger partial charge in [-0.1, -0.05) is 12.1 Å².